The first-order valence-electron chi connectivity index (χ1n) is 49.1. The number of hydrogen-bond acceptors (Lipinski definition) is 16. The molecule has 2 bridgehead atoms. The zero-order chi connectivity index (χ0) is 90.2. The standard InChI is InChI=1S/C15H27NO.2C12H22N2O.C12H23N.2C11H20N2O.C11H21N.C10H20N2.C7H13N3/c1-14(2,3)12-16-10-8-15(9-11-16)7-5-4-6-13(15)17;1-11(2,3)9-14-6-4-12(5-7-14)8-10(15)13-12;1-11(2,3)8-14-5-4-12(9-14)6-10(15)13-7-12;1-12(2,3)9-13-8-10-4-6-11(13)7-5-10;1-10(2,3)6-13-7-11(8-13)4-9(14)12-5-11;1-10(2,3)6-13-7-11(8-13)5-4-9(14)12-11;1-10(2,3)7-12-8-11(9-12)5-4-6-11;1-9(2,3)6-12-7-10(8-12)4-11-5-10;1-7(2,3)6-10-5-4-8-9-10/h4-12H2,1-3H3;2*4-9H2,1-3H3,(H,13,15);10-11H,4-9H2,1-3H3;2*4-8H2,1-3H3,(H,12,14);4-9H2,1-3H3;11H,4-8H2,1-3H3;4-5H,6H2,1-3H3. The number of fused-ring (bicyclic) bond motifs is 3. The lowest BCUT2D eigenvalue weighted by molar-refractivity contribution is -0.135. The summed E-state index contributed by atoms with van der Waals surface area (Å²) in [5.41, 5.74) is 6.09. The summed E-state index contributed by atoms with van der Waals surface area (Å²) < 4.78 is 1.85. The van der Waals surface area contributed by atoms with Crippen LogP contribution in [-0.4, -0.2) is 277 Å². The SMILES string of the molecule is CC(C)(C)CN1CC2(CCC(=O)N2)C1.CC(C)(C)CN1CC2(CCC2)C1.CC(C)(C)CN1CC2(CNC(=O)C2)C1.CC(C)(C)CN1CC2(CNC2)C1.CC(C)(C)CN1CC2CCC1CC2.CC(C)(C)CN1CCC2(CC1)CC(=O)N2.CC(C)(C)CN1CCC2(CCCCC2=O)CC1.CC(C)(C)CN1CCC2(CNC(=O)C2)C1.CC(C)(C)Cn1ccnn1. The monoisotopic (exact) mass is 1710 g/mol. The molecule has 18 rings (SSSR count). The van der Waals surface area contributed by atoms with Gasteiger partial charge in [-0.15, -0.1) is 5.10 Å². The van der Waals surface area contributed by atoms with Crippen molar-refractivity contribution in [1.29, 1.82) is 0 Å². The van der Waals surface area contributed by atoms with Crippen molar-refractivity contribution in [2.24, 2.45) is 81.7 Å². The molecular weight excluding hydrogens is 1520 g/mol. The maximum Gasteiger partial charge on any atom is 0.222 e. The predicted octanol–water partition coefficient (Wildman–Crippen LogP) is 15.4. The second-order valence-electron chi connectivity index (χ2n) is 54.0. The molecule has 702 valence electrons. The third-order valence-electron chi connectivity index (χ3n) is 27.9. The summed E-state index contributed by atoms with van der Waals surface area (Å²) in [4.78, 5) is 77.0. The molecule has 1 unspecified atom stereocenters. The molecule has 21 nitrogen and oxygen atoms in total. The van der Waals surface area contributed by atoms with E-state index in [9.17, 15) is 24.0 Å². The Kier molecular flexibility index (Phi) is 33.8. The quantitative estimate of drug-likeness (QED) is 0.146. The van der Waals surface area contributed by atoms with Crippen LogP contribution in [0.3, 0.4) is 0 Å². The highest BCUT2D eigenvalue weighted by molar-refractivity contribution is 5.86. The summed E-state index contributed by atoms with van der Waals surface area (Å²) in [5, 5.41) is 23.0. The number of ketones is 1. The van der Waals surface area contributed by atoms with Gasteiger partial charge in [-0.2, -0.15) is 0 Å². The van der Waals surface area contributed by atoms with E-state index in [2.05, 4.69) is 263 Å². The summed E-state index contributed by atoms with van der Waals surface area (Å²) >= 11 is 0. The van der Waals surface area contributed by atoms with Gasteiger partial charge in [0.25, 0.3) is 0 Å². The normalized spacial score (nSPS) is 27.3. The lowest BCUT2D eigenvalue weighted by Gasteiger charge is -2.57. The third kappa shape index (κ3) is 33.7. The lowest BCUT2D eigenvalue weighted by Crippen LogP contribution is -2.71. The average Bonchev–Trinajstić information content (AvgIpc) is 1.42. The first-order chi connectivity index (χ1) is 56.1. The molecule has 0 radical (unpaired) electrons. The molecule has 3 saturated carbocycles. The van der Waals surface area contributed by atoms with Crippen molar-refractivity contribution < 1.29 is 24.0 Å². The second-order valence-corrected chi connectivity index (χ2v) is 54.0. The summed E-state index contributed by atoms with van der Waals surface area (Å²) in [6, 6.07) is 0.934. The van der Waals surface area contributed by atoms with Crippen LogP contribution in [0.1, 0.15) is 322 Å². The van der Waals surface area contributed by atoms with E-state index in [1.165, 1.54) is 123 Å². The van der Waals surface area contributed by atoms with E-state index in [1.807, 2.05) is 10.9 Å². The number of rotatable bonds is 9. The van der Waals surface area contributed by atoms with Gasteiger partial charge in [0, 0.05) is 230 Å². The molecule has 7 spiro atoms. The van der Waals surface area contributed by atoms with Crippen molar-refractivity contribution in [3.8, 4) is 0 Å². The second kappa shape index (κ2) is 40.4. The molecular formula is C101H188N16O5. The fourth-order valence-electron chi connectivity index (χ4n) is 23.2. The van der Waals surface area contributed by atoms with E-state index in [4.69, 9.17) is 0 Å². The maximum absolute atomic E-state index is 12.1. The largest absolute Gasteiger partial charge is 0.355 e. The first kappa shape index (κ1) is 102. The number of carbonyl (C=O) groups is 5. The molecule has 15 heterocycles. The Balaban J connectivity index is 0.000000156. The van der Waals surface area contributed by atoms with Gasteiger partial charge >= 0.3 is 0 Å². The molecule has 17 aliphatic rings. The molecule has 5 N–H and O–H groups in total. The van der Waals surface area contributed by atoms with Crippen LogP contribution in [0.25, 0.3) is 0 Å². The number of amides is 4. The highest BCUT2D eigenvalue weighted by Crippen LogP contribution is 2.49. The summed E-state index contributed by atoms with van der Waals surface area (Å²) in [6.45, 7) is 94.4. The molecule has 122 heavy (non-hydrogen) atoms. The Hall–Kier alpha value is -3.67. The number of hydrogen-bond donors (Lipinski definition) is 5. The molecule has 0 aromatic carbocycles. The number of likely N-dealkylation sites (tertiary alicyclic amines) is 7. The summed E-state index contributed by atoms with van der Waals surface area (Å²) in [6.07, 6.45) is 28.1. The lowest BCUT2D eigenvalue weighted by atomic mass is 9.63. The van der Waals surface area contributed by atoms with Gasteiger partial charge in [-0.05, 0) is 170 Å². The fraction of sp³-hybridized carbons (Fsp3) is 0.931. The zero-order valence-electron chi connectivity index (χ0n) is 83.9. The van der Waals surface area contributed by atoms with Crippen LogP contribution in [-0.2, 0) is 30.5 Å². The number of piperidine rings is 4. The Morgan fingerprint density at radius 2 is 0.746 bits per heavy atom. The zero-order valence-corrected chi connectivity index (χ0v) is 83.9. The van der Waals surface area contributed by atoms with Crippen LogP contribution in [0, 0.1) is 81.7 Å². The van der Waals surface area contributed by atoms with E-state index in [0.29, 0.717) is 59.9 Å². The van der Waals surface area contributed by atoms with Gasteiger partial charge in [-0.1, -0.05) is 205 Å². The Bertz CT molecular complexity index is 3330. The summed E-state index contributed by atoms with van der Waals surface area (Å²) in [7, 11) is 0. The van der Waals surface area contributed by atoms with Crippen molar-refractivity contribution >= 4 is 29.4 Å². The van der Waals surface area contributed by atoms with Crippen LogP contribution in [0.4, 0.5) is 0 Å². The molecule has 17 fully saturated rings. The van der Waals surface area contributed by atoms with Crippen molar-refractivity contribution in [3.05, 3.63) is 12.4 Å². The number of aromatic nitrogens is 3. The van der Waals surface area contributed by atoms with E-state index >= 15 is 0 Å². The van der Waals surface area contributed by atoms with Gasteiger partial charge in [0.15, 0.2) is 0 Å². The number of β-lactam (4-membered cyclic amide) rings is 1. The summed E-state index contributed by atoms with van der Waals surface area (Å²) in [5.74, 6) is 2.55. The van der Waals surface area contributed by atoms with Gasteiger partial charge in [0.2, 0.25) is 23.6 Å². The van der Waals surface area contributed by atoms with Crippen molar-refractivity contribution in [2.45, 2.75) is 345 Å². The minimum atomic E-state index is 0.0899. The van der Waals surface area contributed by atoms with Gasteiger partial charge in [0.05, 0.1) is 17.3 Å². The van der Waals surface area contributed by atoms with Crippen LogP contribution in [0.5, 0.6) is 0 Å². The molecule has 3 aliphatic carbocycles. The Morgan fingerprint density at radius 3 is 1.11 bits per heavy atom. The third-order valence-corrected chi connectivity index (χ3v) is 27.9. The number of nitrogens with zero attached hydrogens (tertiary/aromatic N) is 11. The smallest absolute Gasteiger partial charge is 0.222 e. The van der Waals surface area contributed by atoms with Crippen LogP contribution >= 0.6 is 0 Å². The predicted molar refractivity (Wildman–Crippen MR) is 504 cm³/mol. The molecule has 1 aromatic rings. The molecule has 1 atom stereocenters. The molecule has 1 aromatic heterocycles. The van der Waals surface area contributed by atoms with E-state index in [0.717, 1.165) is 212 Å². The molecule has 4 amide bonds. The average molecular weight is 1710 g/mol. The number of nitrogens with one attached hydrogen (secondary N) is 5. The van der Waals surface area contributed by atoms with Gasteiger partial charge in [-0.3, -0.25) is 38.5 Å². The van der Waals surface area contributed by atoms with E-state index < -0.39 is 0 Å². The highest BCUT2D eigenvalue weighted by atomic mass is 16.2. The van der Waals surface area contributed by atoms with E-state index in [1.54, 1.807) is 6.20 Å². The Labute approximate surface area is 746 Å². The minimum absolute atomic E-state index is 0.0899. The minimum Gasteiger partial charge on any atom is -0.355 e. The van der Waals surface area contributed by atoms with Gasteiger partial charge in [0.1, 0.15) is 5.78 Å². The molecule has 14 aliphatic heterocycles. The molecule has 21 heteroatoms. The van der Waals surface area contributed by atoms with Crippen molar-refractivity contribution in [2.75, 3.05) is 177 Å². The van der Waals surface area contributed by atoms with E-state index in [-0.39, 0.29) is 51.0 Å². The van der Waals surface area contributed by atoms with Crippen molar-refractivity contribution in [3.63, 3.8) is 0 Å². The number of carbonyl (C=O) groups excluding carboxylic acids is 5. The topological polar surface area (TPSA) is 202 Å². The maximum atomic E-state index is 12.1. The van der Waals surface area contributed by atoms with Crippen LogP contribution < -0.4 is 26.6 Å². The van der Waals surface area contributed by atoms with Crippen LogP contribution in [0.15, 0.2) is 12.4 Å². The van der Waals surface area contributed by atoms with Gasteiger partial charge < -0.3 is 56.0 Å². The Morgan fingerprint density at radius 1 is 0.344 bits per heavy atom. The highest BCUT2D eigenvalue weighted by Gasteiger charge is 2.53. The number of Topliss-reactive ketones (excluding diaryl/α,β-unsaturated/α-hetero) is 1. The fourth-order valence-corrected chi connectivity index (χ4v) is 23.2. The van der Waals surface area contributed by atoms with Crippen LogP contribution in [0.2, 0.25) is 0 Å². The first-order valence-corrected chi connectivity index (χ1v) is 49.1. The molecule has 14 saturated heterocycles. The van der Waals surface area contributed by atoms with Crippen molar-refractivity contribution in [1.82, 2.24) is 80.8 Å². The van der Waals surface area contributed by atoms with Gasteiger partial charge in [-0.25, -0.2) is 0 Å².